The topological polar surface area (TPSA) is 50.9 Å². The second-order valence-electron chi connectivity index (χ2n) is 5.34. The maximum absolute atomic E-state index is 10.5. The van der Waals surface area contributed by atoms with E-state index in [0.717, 1.165) is 22.0 Å². The van der Waals surface area contributed by atoms with Crippen LogP contribution in [0.25, 0.3) is 0 Å². The SMILES string of the molecule is Cc1nc(CC(O)c2c(C(C)C)nn(C)c2Cl)sc1C. The number of thiazole rings is 1. The molecule has 2 aromatic heterocycles. The van der Waals surface area contributed by atoms with Gasteiger partial charge in [0.1, 0.15) is 5.15 Å². The molecule has 0 bridgehead atoms. The molecule has 0 radical (unpaired) electrons. The van der Waals surface area contributed by atoms with Crippen LogP contribution >= 0.6 is 22.9 Å². The minimum absolute atomic E-state index is 0.220. The van der Waals surface area contributed by atoms with E-state index in [1.54, 1.807) is 23.1 Å². The number of hydrogen-bond donors (Lipinski definition) is 1. The lowest BCUT2D eigenvalue weighted by atomic mass is 10.0. The van der Waals surface area contributed by atoms with E-state index in [2.05, 4.69) is 10.1 Å². The molecule has 0 aromatic carbocycles. The van der Waals surface area contributed by atoms with Crippen LogP contribution in [-0.2, 0) is 13.5 Å². The maximum Gasteiger partial charge on any atom is 0.132 e. The summed E-state index contributed by atoms with van der Waals surface area (Å²) in [7, 11) is 1.79. The number of aliphatic hydroxyl groups excluding tert-OH is 1. The maximum atomic E-state index is 10.5. The third kappa shape index (κ3) is 2.90. The van der Waals surface area contributed by atoms with Crippen molar-refractivity contribution in [2.24, 2.45) is 7.05 Å². The van der Waals surface area contributed by atoms with E-state index in [-0.39, 0.29) is 5.92 Å². The quantitative estimate of drug-likeness (QED) is 0.939. The molecule has 0 saturated carbocycles. The van der Waals surface area contributed by atoms with Crippen LogP contribution in [0.4, 0.5) is 0 Å². The number of halogens is 1. The van der Waals surface area contributed by atoms with Gasteiger partial charge in [-0.1, -0.05) is 25.4 Å². The molecular formula is C14H20ClN3OS. The molecule has 20 heavy (non-hydrogen) atoms. The summed E-state index contributed by atoms with van der Waals surface area (Å²) in [6, 6.07) is 0. The van der Waals surface area contributed by atoms with E-state index < -0.39 is 6.10 Å². The van der Waals surface area contributed by atoms with Gasteiger partial charge in [-0.3, -0.25) is 4.68 Å². The zero-order valence-corrected chi connectivity index (χ0v) is 14.0. The van der Waals surface area contributed by atoms with Gasteiger partial charge in [0.2, 0.25) is 0 Å². The van der Waals surface area contributed by atoms with E-state index in [9.17, 15) is 5.11 Å². The molecule has 2 rings (SSSR count). The molecule has 1 N–H and O–H groups in total. The summed E-state index contributed by atoms with van der Waals surface area (Å²) in [5.74, 6) is 0.220. The lowest BCUT2D eigenvalue weighted by molar-refractivity contribution is 0.177. The number of aryl methyl sites for hydroxylation is 3. The zero-order valence-electron chi connectivity index (χ0n) is 12.4. The minimum Gasteiger partial charge on any atom is -0.388 e. The molecule has 2 heterocycles. The molecular weight excluding hydrogens is 294 g/mol. The highest BCUT2D eigenvalue weighted by atomic mass is 35.5. The monoisotopic (exact) mass is 313 g/mol. The first-order valence-electron chi connectivity index (χ1n) is 6.64. The summed E-state index contributed by atoms with van der Waals surface area (Å²) in [6.07, 6.45) is -0.191. The molecule has 0 aliphatic heterocycles. The molecule has 6 heteroatoms. The van der Waals surface area contributed by atoms with E-state index in [4.69, 9.17) is 11.6 Å². The van der Waals surface area contributed by atoms with Crippen LogP contribution in [0, 0.1) is 13.8 Å². The van der Waals surface area contributed by atoms with Crippen molar-refractivity contribution < 1.29 is 5.11 Å². The molecule has 0 aliphatic rings. The molecule has 4 nitrogen and oxygen atoms in total. The van der Waals surface area contributed by atoms with E-state index in [1.807, 2.05) is 27.7 Å². The van der Waals surface area contributed by atoms with Crippen LogP contribution in [0.15, 0.2) is 0 Å². The number of aromatic nitrogens is 3. The summed E-state index contributed by atoms with van der Waals surface area (Å²) < 4.78 is 1.62. The summed E-state index contributed by atoms with van der Waals surface area (Å²) in [4.78, 5) is 5.66. The van der Waals surface area contributed by atoms with Gasteiger partial charge in [0.05, 0.1) is 22.5 Å². The highest BCUT2D eigenvalue weighted by Crippen LogP contribution is 2.33. The Hall–Kier alpha value is -0.910. The van der Waals surface area contributed by atoms with E-state index in [0.29, 0.717) is 11.6 Å². The van der Waals surface area contributed by atoms with Crippen LogP contribution in [0.1, 0.15) is 52.7 Å². The Kier molecular flexibility index (Phi) is 4.52. The molecule has 2 aromatic rings. The number of aliphatic hydroxyl groups is 1. The van der Waals surface area contributed by atoms with Crippen molar-refractivity contribution in [3.8, 4) is 0 Å². The van der Waals surface area contributed by atoms with E-state index >= 15 is 0 Å². The predicted molar refractivity (Wildman–Crippen MR) is 82.6 cm³/mol. The lowest BCUT2D eigenvalue weighted by Crippen LogP contribution is -2.05. The Balaban J connectivity index is 2.31. The smallest absolute Gasteiger partial charge is 0.132 e. The molecule has 0 spiro atoms. The van der Waals surface area contributed by atoms with Gasteiger partial charge in [-0.2, -0.15) is 5.10 Å². The normalized spacial score (nSPS) is 13.2. The van der Waals surface area contributed by atoms with Crippen molar-refractivity contribution in [2.75, 3.05) is 0 Å². The van der Waals surface area contributed by atoms with Crippen LogP contribution in [0.5, 0.6) is 0 Å². The molecule has 110 valence electrons. The minimum atomic E-state index is -0.668. The average molecular weight is 314 g/mol. The van der Waals surface area contributed by atoms with Gasteiger partial charge in [-0.05, 0) is 19.8 Å². The average Bonchev–Trinajstić information content (AvgIpc) is 2.81. The first-order chi connectivity index (χ1) is 9.31. The van der Waals surface area contributed by atoms with Crippen LogP contribution < -0.4 is 0 Å². The van der Waals surface area contributed by atoms with Crippen molar-refractivity contribution in [2.45, 2.75) is 46.1 Å². The van der Waals surface area contributed by atoms with Gasteiger partial charge in [0, 0.05) is 23.9 Å². The van der Waals surface area contributed by atoms with Gasteiger partial charge >= 0.3 is 0 Å². The van der Waals surface area contributed by atoms with Crippen molar-refractivity contribution in [3.63, 3.8) is 0 Å². The molecule has 0 amide bonds. The van der Waals surface area contributed by atoms with Gasteiger partial charge < -0.3 is 5.11 Å². The van der Waals surface area contributed by atoms with Crippen molar-refractivity contribution in [3.05, 3.63) is 32.0 Å². The lowest BCUT2D eigenvalue weighted by Gasteiger charge is -2.11. The Morgan fingerprint density at radius 2 is 2.00 bits per heavy atom. The second kappa shape index (κ2) is 5.84. The van der Waals surface area contributed by atoms with Crippen molar-refractivity contribution in [1.82, 2.24) is 14.8 Å². The molecule has 0 saturated heterocycles. The Morgan fingerprint density at radius 1 is 1.35 bits per heavy atom. The Bertz CT molecular complexity index is 599. The third-order valence-electron chi connectivity index (χ3n) is 3.36. The fourth-order valence-corrected chi connectivity index (χ4v) is 3.40. The largest absolute Gasteiger partial charge is 0.388 e. The van der Waals surface area contributed by atoms with Gasteiger partial charge in [0.25, 0.3) is 0 Å². The molecule has 0 aliphatic carbocycles. The van der Waals surface area contributed by atoms with E-state index in [1.165, 1.54) is 4.88 Å². The zero-order chi connectivity index (χ0) is 15.0. The Labute approximate surface area is 128 Å². The van der Waals surface area contributed by atoms with Gasteiger partial charge in [-0.25, -0.2) is 4.98 Å². The van der Waals surface area contributed by atoms with Gasteiger partial charge in [-0.15, -0.1) is 11.3 Å². The number of nitrogens with zero attached hydrogens (tertiary/aromatic N) is 3. The summed E-state index contributed by atoms with van der Waals surface area (Å²) in [5, 5.41) is 16.4. The number of rotatable bonds is 4. The highest BCUT2D eigenvalue weighted by molar-refractivity contribution is 7.11. The third-order valence-corrected chi connectivity index (χ3v) is 4.90. The van der Waals surface area contributed by atoms with Gasteiger partial charge in [0.15, 0.2) is 0 Å². The predicted octanol–water partition coefficient (Wildman–Crippen LogP) is 3.55. The molecule has 1 unspecified atom stereocenters. The summed E-state index contributed by atoms with van der Waals surface area (Å²) in [6.45, 7) is 8.12. The highest BCUT2D eigenvalue weighted by Gasteiger charge is 2.24. The van der Waals surface area contributed by atoms with Crippen LogP contribution in [0.3, 0.4) is 0 Å². The molecule has 1 atom stereocenters. The van der Waals surface area contributed by atoms with Crippen LogP contribution in [-0.4, -0.2) is 19.9 Å². The van der Waals surface area contributed by atoms with Crippen molar-refractivity contribution in [1.29, 1.82) is 0 Å². The first-order valence-corrected chi connectivity index (χ1v) is 7.84. The van der Waals surface area contributed by atoms with Crippen molar-refractivity contribution >= 4 is 22.9 Å². The first kappa shape index (κ1) is 15.5. The van der Waals surface area contributed by atoms with Crippen LogP contribution in [0.2, 0.25) is 5.15 Å². The number of hydrogen-bond acceptors (Lipinski definition) is 4. The summed E-state index contributed by atoms with van der Waals surface area (Å²) >= 11 is 7.90. The fraction of sp³-hybridized carbons (Fsp3) is 0.571. The molecule has 0 fully saturated rings. The fourth-order valence-electron chi connectivity index (χ4n) is 2.17. The second-order valence-corrected chi connectivity index (χ2v) is 6.98. The Morgan fingerprint density at radius 3 is 2.50 bits per heavy atom. The summed E-state index contributed by atoms with van der Waals surface area (Å²) in [5.41, 5.74) is 2.61. The standard InChI is InChI=1S/C14H20ClN3OS/c1-7(2)13-12(14(15)18(5)17-13)10(19)6-11-16-8(3)9(4)20-11/h7,10,19H,6H2,1-5H3.